The molecule has 0 spiro atoms. The SMILES string of the molecule is COC(C[C]1CCCCC1)OC. The van der Waals surface area contributed by atoms with Crippen LogP contribution in [0.15, 0.2) is 0 Å². The molecule has 0 atom stereocenters. The summed E-state index contributed by atoms with van der Waals surface area (Å²) >= 11 is 0. The molecule has 0 bridgehead atoms. The van der Waals surface area contributed by atoms with Crippen molar-refractivity contribution in [3.8, 4) is 0 Å². The van der Waals surface area contributed by atoms with Crippen molar-refractivity contribution in [2.45, 2.75) is 44.8 Å². The van der Waals surface area contributed by atoms with Crippen LogP contribution in [0.5, 0.6) is 0 Å². The van der Waals surface area contributed by atoms with E-state index in [0.29, 0.717) is 0 Å². The highest BCUT2D eigenvalue weighted by atomic mass is 16.7. The Morgan fingerprint density at radius 3 is 2.17 bits per heavy atom. The molecular weight excluding hydrogens is 152 g/mol. The highest BCUT2D eigenvalue weighted by molar-refractivity contribution is 4.92. The Labute approximate surface area is 75.2 Å². The summed E-state index contributed by atoms with van der Waals surface area (Å²) in [7, 11) is 3.41. The van der Waals surface area contributed by atoms with Crippen molar-refractivity contribution in [3.63, 3.8) is 0 Å². The second kappa shape index (κ2) is 5.55. The summed E-state index contributed by atoms with van der Waals surface area (Å²) in [6.07, 6.45) is 7.65. The minimum Gasteiger partial charge on any atom is -0.356 e. The average Bonchev–Trinajstić information content (AvgIpc) is 2.16. The molecule has 0 unspecified atom stereocenters. The van der Waals surface area contributed by atoms with E-state index >= 15 is 0 Å². The molecule has 1 rings (SSSR count). The lowest BCUT2D eigenvalue weighted by Crippen LogP contribution is -2.18. The molecule has 71 valence electrons. The van der Waals surface area contributed by atoms with Gasteiger partial charge in [-0.15, -0.1) is 0 Å². The van der Waals surface area contributed by atoms with Crippen LogP contribution in [0.3, 0.4) is 0 Å². The lowest BCUT2D eigenvalue weighted by Gasteiger charge is -2.24. The summed E-state index contributed by atoms with van der Waals surface area (Å²) in [6.45, 7) is 0. The molecule has 1 aliphatic carbocycles. The highest BCUT2D eigenvalue weighted by Gasteiger charge is 2.18. The van der Waals surface area contributed by atoms with Crippen molar-refractivity contribution in [2.24, 2.45) is 0 Å². The van der Waals surface area contributed by atoms with Crippen LogP contribution in [0.25, 0.3) is 0 Å². The zero-order valence-electron chi connectivity index (χ0n) is 8.14. The lowest BCUT2D eigenvalue weighted by atomic mass is 9.87. The Morgan fingerprint density at radius 1 is 1.08 bits per heavy atom. The van der Waals surface area contributed by atoms with Gasteiger partial charge in [-0.1, -0.05) is 19.3 Å². The van der Waals surface area contributed by atoms with E-state index in [0.717, 1.165) is 6.42 Å². The third kappa shape index (κ3) is 3.11. The first-order chi connectivity index (χ1) is 5.86. The van der Waals surface area contributed by atoms with Crippen LogP contribution in [0.4, 0.5) is 0 Å². The van der Waals surface area contributed by atoms with E-state index in [1.165, 1.54) is 32.1 Å². The topological polar surface area (TPSA) is 18.5 Å². The Bertz CT molecular complexity index is 104. The molecule has 2 heteroatoms. The van der Waals surface area contributed by atoms with Gasteiger partial charge in [0.1, 0.15) is 0 Å². The molecule has 1 fully saturated rings. The zero-order chi connectivity index (χ0) is 8.81. The molecule has 0 aromatic carbocycles. The molecule has 1 radical (unpaired) electrons. The van der Waals surface area contributed by atoms with Gasteiger partial charge in [0.05, 0.1) is 0 Å². The maximum Gasteiger partial charge on any atom is 0.157 e. The van der Waals surface area contributed by atoms with Gasteiger partial charge >= 0.3 is 0 Å². The summed E-state index contributed by atoms with van der Waals surface area (Å²) in [5, 5.41) is 0. The van der Waals surface area contributed by atoms with Gasteiger partial charge in [0.2, 0.25) is 0 Å². The van der Waals surface area contributed by atoms with E-state index in [-0.39, 0.29) is 6.29 Å². The predicted molar refractivity (Wildman–Crippen MR) is 48.8 cm³/mol. The third-order valence-electron chi connectivity index (χ3n) is 2.54. The van der Waals surface area contributed by atoms with Crippen molar-refractivity contribution < 1.29 is 9.47 Å². The minimum absolute atomic E-state index is 0.0156. The van der Waals surface area contributed by atoms with Crippen molar-refractivity contribution >= 4 is 0 Å². The van der Waals surface area contributed by atoms with E-state index in [1.54, 1.807) is 20.1 Å². The molecule has 0 N–H and O–H groups in total. The van der Waals surface area contributed by atoms with Crippen LogP contribution in [-0.4, -0.2) is 20.5 Å². The predicted octanol–water partition coefficient (Wildman–Crippen LogP) is 2.53. The molecular formula is C10H19O2. The van der Waals surface area contributed by atoms with Gasteiger partial charge in [0.25, 0.3) is 0 Å². The summed E-state index contributed by atoms with van der Waals surface area (Å²) in [5.41, 5.74) is 0. The van der Waals surface area contributed by atoms with Crippen molar-refractivity contribution in [3.05, 3.63) is 5.92 Å². The van der Waals surface area contributed by atoms with Gasteiger partial charge in [-0.25, -0.2) is 0 Å². The molecule has 0 saturated heterocycles. The second-order valence-electron chi connectivity index (χ2n) is 3.42. The Balaban J connectivity index is 2.18. The molecule has 12 heavy (non-hydrogen) atoms. The zero-order valence-corrected chi connectivity index (χ0v) is 8.14. The third-order valence-corrected chi connectivity index (χ3v) is 2.54. The van der Waals surface area contributed by atoms with Crippen LogP contribution < -0.4 is 0 Å². The lowest BCUT2D eigenvalue weighted by molar-refractivity contribution is -0.104. The van der Waals surface area contributed by atoms with Crippen molar-refractivity contribution in [1.29, 1.82) is 0 Å². The summed E-state index contributed by atoms with van der Waals surface area (Å²) in [4.78, 5) is 0. The van der Waals surface area contributed by atoms with Crippen LogP contribution >= 0.6 is 0 Å². The Morgan fingerprint density at radius 2 is 1.67 bits per heavy atom. The molecule has 0 heterocycles. The van der Waals surface area contributed by atoms with Crippen molar-refractivity contribution in [2.75, 3.05) is 14.2 Å². The van der Waals surface area contributed by atoms with Crippen LogP contribution in [0.2, 0.25) is 0 Å². The molecule has 2 nitrogen and oxygen atoms in total. The summed E-state index contributed by atoms with van der Waals surface area (Å²) in [5.74, 6) is 1.62. The molecule has 1 aliphatic rings. The highest BCUT2D eigenvalue weighted by Crippen LogP contribution is 2.29. The fraction of sp³-hybridized carbons (Fsp3) is 0.900. The molecule has 0 amide bonds. The van der Waals surface area contributed by atoms with E-state index in [4.69, 9.17) is 9.47 Å². The van der Waals surface area contributed by atoms with Crippen LogP contribution in [0, 0.1) is 5.92 Å². The van der Waals surface area contributed by atoms with Gasteiger partial charge in [0, 0.05) is 20.6 Å². The number of hydrogen-bond donors (Lipinski definition) is 0. The second-order valence-corrected chi connectivity index (χ2v) is 3.42. The maximum absolute atomic E-state index is 5.16. The first-order valence-electron chi connectivity index (χ1n) is 4.76. The fourth-order valence-electron chi connectivity index (χ4n) is 1.75. The van der Waals surface area contributed by atoms with Gasteiger partial charge in [0.15, 0.2) is 6.29 Å². The van der Waals surface area contributed by atoms with Crippen LogP contribution in [0.1, 0.15) is 38.5 Å². The largest absolute Gasteiger partial charge is 0.356 e. The van der Waals surface area contributed by atoms with E-state index in [9.17, 15) is 0 Å². The van der Waals surface area contributed by atoms with Gasteiger partial charge in [-0.2, -0.15) is 0 Å². The van der Waals surface area contributed by atoms with E-state index < -0.39 is 0 Å². The maximum atomic E-state index is 5.16. The molecule has 0 aromatic rings. The minimum atomic E-state index is -0.0156. The summed E-state index contributed by atoms with van der Waals surface area (Å²) in [6, 6.07) is 0. The molecule has 1 saturated carbocycles. The van der Waals surface area contributed by atoms with E-state index in [2.05, 4.69) is 0 Å². The van der Waals surface area contributed by atoms with Gasteiger partial charge in [-0.3, -0.25) is 0 Å². The van der Waals surface area contributed by atoms with E-state index in [1.807, 2.05) is 0 Å². The fourth-order valence-corrected chi connectivity index (χ4v) is 1.75. The normalized spacial score (nSPS) is 20.2. The smallest absolute Gasteiger partial charge is 0.157 e. The van der Waals surface area contributed by atoms with Crippen LogP contribution in [-0.2, 0) is 9.47 Å². The number of ether oxygens (including phenoxy) is 2. The van der Waals surface area contributed by atoms with Gasteiger partial charge < -0.3 is 9.47 Å². The first-order valence-corrected chi connectivity index (χ1v) is 4.76. The Kier molecular flexibility index (Phi) is 4.62. The number of rotatable bonds is 4. The number of methoxy groups -OCH3 is 2. The monoisotopic (exact) mass is 171 g/mol. The average molecular weight is 171 g/mol. The van der Waals surface area contributed by atoms with Crippen molar-refractivity contribution in [1.82, 2.24) is 0 Å². The standard InChI is InChI=1S/C10H19O2/c1-11-10(12-2)8-9-6-4-3-5-7-9/h10H,3-8H2,1-2H3. The molecule has 0 aromatic heterocycles. The quantitative estimate of drug-likeness (QED) is 0.605. The number of hydrogen-bond acceptors (Lipinski definition) is 2. The first kappa shape index (κ1) is 10.0. The van der Waals surface area contributed by atoms with Gasteiger partial charge in [-0.05, 0) is 18.8 Å². The molecule has 0 aliphatic heterocycles. The summed E-state index contributed by atoms with van der Waals surface area (Å²) < 4.78 is 10.3. The Hall–Kier alpha value is -0.0800.